The zero-order chi connectivity index (χ0) is 27.2. The van der Waals surface area contributed by atoms with Gasteiger partial charge in [-0.1, -0.05) is 102 Å². The van der Waals surface area contributed by atoms with Crippen molar-refractivity contribution in [2.45, 2.75) is 128 Å². The Bertz CT molecular complexity index is 1000. The Labute approximate surface area is 240 Å². The third-order valence-electron chi connectivity index (χ3n) is 9.74. The normalized spacial score (nSPS) is 26.8. The van der Waals surface area contributed by atoms with Gasteiger partial charge in [0, 0.05) is 19.1 Å². The lowest BCUT2D eigenvalue weighted by atomic mass is 9.75. The predicted octanol–water partition coefficient (Wildman–Crippen LogP) is 6.67. The summed E-state index contributed by atoms with van der Waals surface area (Å²) < 4.78 is 0. The van der Waals surface area contributed by atoms with Gasteiger partial charge in [-0.3, -0.25) is 9.69 Å². The lowest BCUT2D eigenvalue weighted by Gasteiger charge is -2.34. The van der Waals surface area contributed by atoms with Crippen molar-refractivity contribution in [3.63, 3.8) is 0 Å². The first-order chi connectivity index (χ1) is 19.0. The van der Waals surface area contributed by atoms with Gasteiger partial charge >= 0.3 is 6.03 Å². The number of nitrogens with zero attached hydrogens (tertiary/aromatic N) is 2. The molecule has 2 N–H and O–H groups in total. The highest BCUT2D eigenvalue weighted by molar-refractivity contribution is 7.80. The van der Waals surface area contributed by atoms with Crippen LogP contribution in [0.5, 0.6) is 0 Å². The van der Waals surface area contributed by atoms with Crippen molar-refractivity contribution in [3.05, 3.63) is 35.4 Å². The van der Waals surface area contributed by atoms with Gasteiger partial charge in [0.05, 0.1) is 6.54 Å². The first-order valence-electron chi connectivity index (χ1n) is 15.7. The number of nitrogens with one attached hydrogen (secondary N) is 2. The van der Waals surface area contributed by atoms with E-state index < -0.39 is 5.54 Å². The van der Waals surface area contributed by atoms with Crippen LogP contribution in [0.3, 0.4) is 0 Å². The monoisotopic (exact) mass is 552 g/mol. The summed E-state index contributed by atoms with van der Waals surface area (Å²) in [7, 11) is 0. The van der Waals surface area contributed by atoms with Crippen LogP contribution in [0.1, 0.15) is 114 Å². The van der Waals surface area contributed by atoms with Crippen LogP contribution in [-0.4, -0.2) is 45.0 Å². The molecule has 2 saturated carbocycles. The van der Waals surface area contributed by atoms with E-state index in [0.29, 0.717) is 24.1 Å². The molecule has 214 valence electrons. The molecule has 4 aliphatic rings. The van der Waals surface area contributed by atoms with E-state index in [0.717, 1.165) is 55.7 Å². The molecular weight excluding hydrogens is 504 g/mol. The molecule has 4 fully saturated rings. The van der Waals surface area contributed by atoms with Gasteiger partial charge in [-0.15, -0.1) is 0 Å². The van der Waals surface area contributed by atoms with Gasteiger partial charge < -0.3 is 15.5 Å². The number of rotatable bonds is 11. The number of amides is 3. The highest BCUT2D eigenvalue weighted by Gasteiger charge is 2.50. The van der Waals surface area contributed by atoms with Gasteiger partial charge in [-0.25, -0.2) is 4.79 Å². The Hall–Kier alpha value is -2.15. The summed E-state index contributed by atoms with van der Waals surface area (Å²) in [5.74, 6) is 1.55. The second-order valence-corrected chi connectivity index (χ2v) is 13.2. The minimum atomic E-state index is -0.533. The molecule has 0 spiro atoms. The largest absolute Gasteiger partial charge is 0.348 e. The SMILES string of the molecule is CCC[C@H]1CN(Cc2ccc(CN3C(=O)[C@@](CCC4CCCCC4)(CC4CCCCC4)NC3=S)cc2)C(=O)N1. The minimum absolute atomic E-state index is 0.0270. The minimum Gasteiger partial charge on any atom is -0.348 e. The van der Waals surface area contributed by atoms with Gasteiger partial charge in [0.2, 0.25) is 0 Å². The van der Waals surface area contributed by atoms with E-state index in [1.165, 1.54) is 64.2 Å². The number of thiocarbonyl (C=S) groups is 1. The molecule has 6 nitrogen and oxygen atoms in total. The summed E-state index contributed by atoms with van der Waals surface area (Å²) in [5.41, 5.74) is 1.65. The van der Waals surface area contributed by atoms with Crippen LogP contribution in [0.2, 0.25) is 0 Å². The van der Waals surface area contributed by atoms with E-state index in [1.807, 2.05) is 9.80 Å². The molecule has 2 heterocycles. The van der Waals surface area contributed by atoms with Crippen molar-refractivity contribution in [3.8, 4) is 0 Å². The van der Waals surface area contributed by atoms with Gasteiger partial charge in [-0.2, -0.15) is 0 Å². The molecule has 0 aromatic heterocycles. The average molecular weight is 553 g/mol. The van der Waals surface area contributed by atoms with E-state index in [1.54, 1.807) is 0 Å². The summed E-state index contributed by atoms with van der Waals surface area (Å²) in [4.78, 5) is 30.2. The highest BCUT2D eigenvalue weighted by Crippen LogP contribution is 2.39. The zero-order valence-electron chi connectivity index (χ0n) is 23.9. The molecule has 5 rings (SSSR count). The molecule has 1 aromatic rings. The Morgan fingerprint density at radius 3 is 2.13 bits per heavy atom. The molecule has 2 saturated heterocycles. The molecular formula is C32H48N4O2S. The first-order valence-corrected chi connectivity index (χ1v) is 16.1. The number of benzene rings is 1. The summed E-state index contributed by atoms with van der Waals surface area (Å²) >= 11 is 5.81. The van der Waals surface area contributed by atoms with Gasteiger partial charge in [-0.05, 0) is 60.9 Å². The Morgan fingerprint density at radius 1 is 0.872 bits per heavy atom. The van der Waals surface area contributed by atoms with E-state index in [-0.39, 0.29) is 18.0 Å². The van der Waals surface area contributed by atoms with Crippen LogP contribution < -0.4 is 10.6 Å². The van der Waals surface area contributed by atoms with E-state index in [4.69, 9.17) is 12.2 Å². The molecule has 0 radical (unpaired) electrons. The predicted molar refractivity (Wildman–Crippen MR) is 160 cm³/mol. The fourth-order valence-electron chi connectivity index (χ4n) is 7.50. The molecule has 2 aliphatic carbocycles. The van der Waals surface area contributed by atoms with Crippen LogP contribution in [0.15, 0.2) is 24.3 Å². The lowest BCUT2D eigenvalue weighted by molar-refractivity contribution is -0.132. The van der Waals surface area contributed by atoms with Crippen molar-refractivity contribution in [2.75, 3.05) is 6.54 Å². The smallest absolute Gasteiger partial charge is 0.318 e. The maximum atomic E-state index is 14.1. The molecule has 2 aliphatic heterocycles. The van der Waals surface area contributed by atoms with E-state index in [9.17, 15) is 9.59 Å². The maximum absolute atomic E-state index is 14.1. The second-order valence-electron chi connectivity index (χ2n) is 12.8. The maximum Gasteiger partial charge on any atom is 0.318 e. The third kappa shape index (κ3) is 6.96. The van der Waals surface area contributed by atoms with Gasteiger partial charge in [0.15, 0.2) is 5.11 Å². The number of hydrogen-bond acceptors (Lipinski definition) is 3. The standard InChI is InChI=1S/C32H48N4O2S/c1-2-9-28-23-35(30(38)33-28)21-26-14-16-27(17-15-26)22-36-29(37)32(34-31(36)39,20-25-12-7-4-8-13-25)19-18-24-10-5-3-6-11-24/h14-17,24-25,28H,2-13,18-23H2,1H3,(H,33,38)(H,34,39)/t28-,32+/m0/s1. The first kappa shape index (κ1) is 28.4. The molecule has 7 heteroatoms. The fraction of sp³-hybridized carbons (Fsp3) is 0.719. The molecule has 3 amide bonds. The number of carbonyl (C=O) groups is 2. The molecule has 39 heavy (non-hydrogen) atoms. The Kier molecular flexibility index (Phi) is 9.47. The number of carbonyl (C=O) groups excluding carboxylic acids is 2. The zero-order valence-corrected chi connectivity index (χ0v) is 24.7. The quantitative estimate of drug-likeness (QED) is 0.301. The summed E-state index contributed by atoms with van der Waals surface area (Å²) in [6.07, 6.45) is 18.1. The summed E-state index contributed by atoms with van der Waals surface area (Å²) in [6, 6.07) is 8.64. The van der Waals surface area contributed by atoms with E-state index >= 15 is 0 Å². The Balaban J connectivity index is 1.23. The third-order valence-corrected chi connectivity index (χ3v) is 10.1. The van der Waals surface area contributed by atoms with Crippen LogP contribution in [0.25, 0.3) is 0 Å². The lowest BCUT2D eigenvalue weighted by Crippen LogP contribution is -2.49. The molecule has 2 atom stereocenters. The summed E-state index contributed by atoms with van der Waals surface area (Å²) in [6.45, 7) is 4.03. The second kappa shape index (κ2) is 13.0. The van der Waals surface area contributed by atoms with Crippen LogP contribution >= 0.6 is 12.2 Å². The van der Waals surface area contributed by atoms with Crippen molar-refractivity contribution in [2.24, 2.45) is 11.8 Å². The fourth-order valence-corrected chi connectivity index (χ4v) is 7.84. The molecule has 0 unspecified atom stereocenters. The number of urea groups is 1. The van der Waals surface area contributed by atoms with Crippen molar-refractivity contribution < 1.29 is 9.59 Å². The van der Waals surface area contributed by atoms with Crippen LogP contribution in [-0.2, 0) is 17.9 Å². The molecule has 1 aromatic carbocycles. The van der Waals surface area contributed by atoms with Crippen molar-refractivity contribution in [1.29, 1.82) is 0 Å². The van der Waals surface area contributed by atoms with E-state index in [2.05, 4.69) is 41.8 Å². The highest BCUT2D eigenvalue weighted by atomic mass is 32.1. The molecule has 0 bridgehead atoms. The summed E-state index contributed by atoms with van der Waals surface area (Å²) in [5, 5.41) is 7.29. The topological polar surface area (TPSA) is 64.7 Å². The van der Waals surface area contributed by atoms with Crippen molar-refractivity contribution >= 4 is 29.3 Å². The van der Waals surface area contributed by atoms with Gasteiger partial charge in [0.25, 0.3) is 5.91 Å². The van der Waals surface area contributed by atoms with Crippen molar-refractivity contribution in [1.82, 2.24) is 20.4 Å². The van der Waals surface area contributed by atoms with Crippen LogP contribution in [0, 0.1) is 11.8 Å². The van der Waals surface area contributed by atoms with Gasteiger partial charge in [0.1, 0.15) is 5.54 Å². The number of hydrogen-bond donors (Lipinski definition) is 2. The average Bonchev–Trinajstić information content (AvgIpc) is 3.40. The Morgan fingerprint density at radius 2 is 1.49 bits per heavy atom. The van der Waals surface area contributed by atoms with Crippen LogP contribution in [0.4, 0.5) is 4.79 Å².